The third-order valence-electron chi connectivity index (χ3n) is 8.33. The molecule has 2 atom stereocenters. The van der Waals surface area contributed by atoms with Crippen LogP contribution in [-0.4, -0.2) is 53.4 Å². The lowest BCUT2D eigenvalue weighted by molar-refractivity contribution is -0.141. The van der Waals surface area contributed by atoms with Crippen molar-refractivity contribution in [1.29, 1.82) is 0 Å². The zero-order valence-corrected chi connectivity index (χ0v) is 22.9. The van der Waals surface area contributed by atoms with Crippen LogP contribution in [0.2, 0.25) is 0 Å². The summed E-state index contributed by atoms with van der Waals surface area (Å²) in [6, 6.07) is 14.8. The van der Waals surface area contributed by atoms with Gasteiger partial charge in [0.1, 0.15) is 17.7 Å². The Morgan fingerprint density at radius 2 is 1.95 bits per heavy atom. The SMILES string of the molecule is COc1cc(-c2ccc(C3CCc4ccc(C[C@H](C)C(=O)O)cc4O3)cc2CN(C2CC2)C2COC2)c(F)cn1. The maximum Gasteiger partial charge on any atom is 0.306 e. The molecule has 2 aliphatic heterocycles. The quantitative estimate of drug-likeness (QED) is 0.355. The Morgan fingerprint density at radius 1 is 1.12 bits per heavy atom. The number of pyridine rings is 1. The third-order valence-corrected chi connectivity index (χ3v) is 8.33. The fraction of sp³-hybridized carbons (Fsp3) is 0.438. The lowest BCUT2D eigenvalue weighted by atomic mass is 9.91. The highest BCUT2D eigenvalue weighted by Gasteiger charge is 2.37. The summed E-state index contributed by atoms with van der Waals surface area (Å²) >= 11 is 0. The highest BCUT2D eigenvalue weighted by Crippen LogP contribution is 2.40. The normalized spacial score (nSPS) is 19.4. The van der Waals surface area contributed by atoms with Gasteiger partial charge >= 0.3 is 5.97 Å². The van der Waals surface area contributed by atoms with Crippen molar-refractivity contribution in [2.75, 3.05) is 20.3 Å². The number of aromatic nitrogens is 1. The number of aliphatic carboxylic acids is 1. The van der Waals surface area contributed by atoms with Crippen molar-refractivity contribution in [1.82, 2.24) is 9.88 Å². The van der Waals surface area contributed by atoms with Crippen LogP contribution < -0.4 is 9.47 Å². The van der Waals surface area contributed by atoms with Crippen LogP contribution in [0.1, 0.15) is 54.5 Å². The molecule has 3 heterocycles. The van der Waals surface area contributed by atoms with Crippen LogP contribution in [0.5, 0.6) is 11.6 Å². The second-order valence-electron chi connectivity index (χ2n) is 11.2. The topological polar surface area (TPSA) is 81.1 Å². The molecule has 210 valence electrons. The predicted molar refractivity (Wildman–Crippen MR) is 148 cm³/mol. The number of halogens is 1. The molecule has 1 aliphatic carbocycles. The predicted octanol–water partition coefficient (Wildman–Crippen LogP) is 5.59. The van der Waals surface area contributed by atoms with Gasteiger partial charge in [0.05, 0.1) is 38.5 Å². The highest BCUT2D eigenvalue weighted by molar-refractivity contribution is 5.70. The molecule has 1 saturated carbocycles. The fourth-order valence-corrected chi connectivity index (χ4v) is 5.74. The van der Waals surface area contributed by atoms with Gasteiger partial charge in [-0.25, -0.2) is 9.37 Å². The Labute approximate surface area is 233 Å². The molecule has 8 heteroatoms. The number of carbonyl (C=O) groups is 1. The van der Waals surface area contributed by atoms with E-state index in [4.69, 9.17) is 14.2 Å². The van der Waals surface area contributed by atoms with Gasteiger partial charge in [-0.15, -0.1) is 0 Å². The van der Waals surface area contributed by atoms with E-state index in [0.29, 0.717) is 36.5 Å². The van der Waals surface area contributed by atoms with E-state index in [2.05, 4.69) is 22.0 Å². The molecule has 0 bridgehead atoms. The molecule has 3 aliphatic rings. The Hall–Kier alpha value is -3.49. The molecule has 6 rings (SSSR count). The van der Waals surface area contributed by atoms with Gasteiger partial charge in [0, 0.05) is 24.2 Å². The lowest BCUT2D eigenvalue weighted by Gasteiger charge is -2.38. The van der Waals surface area contributed by atoms with E-state index in [-0.39, 0.29) is 11.9 Å². The van der Waals surface area contributed by atoms with E-state index < -0.39 is 11.9 Å². The summed E-state index contributed by atoms with van der Waals surface area (Å²) in [7, 11) is 1.53. The molecular weight excluding hydrogens is 511 g/mol. The molecule has 1 unspecified atom stereocenters. The van der Waals surface area contributed by atoms with Crippen LogP contribution in [0.4, 0.5) is 4.39 Å². The number of ether oxygens (including phenoxy) is 3. The van der Waals surface area contributed by atoms with Gasteiger partial charge in [-0.2, -0.15) is 0 Å². The van der Waals surface area contributed by atoms with E-state index in [9.17, 15) is 9.90 Å². The minimum absolute atomic E-state index is 0.148. The van der Waals surface area contributed by atoms with Crippen LogP contribution in [0.3, 0.4) is 0 Å². The molecule has 40 heavy (non-hydrogen) atoms. The summed E-state index contributed by atoms with van der Waals surface area (Å²) in [5, 5.41) is 9.33. The molecular formula is C32H35FN2O5. The average Bonchev–Trinajstić information content (AvgIpc) is 3.77. The lowest BCUT2D eigenvalue weighted by Crippen LogP contribution is -2.49. The van der Waals surface area contributed by atoms with Crippen LogP contribution in [0.15, 0.2) is 48.7 Å². The highest BCUT2D eigenvalue weighted by atomic mass is 19.1. The molecule has 3 aromatic rings. The molecule has 1 saturated heterocycles. The van der Waals surface area contributed by atoms with E-state index in [1.165, 1.54) is 26.1 Å². The number of aryl methyl sites for hydroxylation is 1. The minimum Gasteiger partial charge on any atom is -0.485 e. The summed E-state index contributed by atoms with van der Waals surface area (Å²) < 4.78 is 32.4. The van der Waals surface area contributed by atoms with Gasteiger partial charge in [-0.3, -0.25) is 9.69 Å². The number of benzene rings is 2. The molecule has 0 amide bonds. The number of carboxylic acids is 1. The van der Waals surface area contributed by atoms with Crippen LogP contribution >= 0.6 is 0 Å². The molecule has 2 aromatic carbocycles. The minimum atomic E-state index is -0.805. The van der Waals surface area contributed by atoms with E-state index in [0.717, 1.165) is 59.6 Å². The molecule has 2 fully saturated rings. The van der Waals surface area contributed by atoms with Gasteiger partial charge in [0.15, 0.2) is 0 Å². The number of carboxylic acid groups (broad SMARTS) is 1. The Kier molecular flexibility index (Phi) is 7.47. The number of hydrogen-bond acceptors (Lipinski definition) is 6. The number of hydrogen-bond donors (Lipinski definition) is 1. The standard InChI is InChI=1S/C32H35FN2O5/c1-19(32(36)37)11-20-3-4-21-6-10-29(40-30(21)12-20)22-5-9-26(27-14-31(38-2)34-15-28(27)33)23(13-22)16-35(24-7-8-24)25-17-39-18-25/h3-5,9,12-15,19,24-25,29H,6-8,10-11,16-18H2,1-2H3,(H,36,37)/t19-,29?/m0/s1. The van der Waals surface area contributed by atoms with Crippen molar-refractivity contribution < 1.29 is 28.5 Å². The first-order valence-corrected chi connectivity index (χ1v) is 14.1. The Bertz CT molecular complexity index is 1400. The zero-order chi connectivity index (χ0) is 27.8. The van der Waals surface area contributed by atoms with Crippen molar-refractivity contribution in [3.8, 4) is 22.8 Å². The first kappa shape index (κ1) is 26.7. The average molecular weight is 547 g/mol. The third kappa shape index (κ3) is 5.56. The van der Waals surface area contributed by atoms with Crippen LogP contribution in [-0.2, 0) is 28.9 Å². The Balaban J connectivity index is 1.32. The van der Waals surface area contributed by atoms with E-state index in [1.54, 1.807) is 13.0 Å². The van der Waals surface area contributed by atoms with Gasteiger partial charge in [0.2, 0.25) is 5.88 Å². The van der Waals surface area contributed by atoms with Crippen molar-refractivity contribution in [3.05, 3.63) is 76.7 Å². The number of nitrogens with zero attached hydrogens (tertiary/aromatic N) is 2. The molecule has 0 radical (unpaired) electrons. The fourth-order valence-electron chi connectivity index (χ4n) is 5.74. The summed E-state index contributed by atoms with van der Waals surface area (Å²) in [6.45, 7) is 3.88. The molecule has 1 N–H and O–H groups in total. The van der Waals surface area contributed by atoms with E-state index >= 15 is 4.39 Å². The van der Waals surface area contributed by atoms with Crippen molar-refractivity contribution in [2.45, 2.75) is 63.8 Å². The van der Waals surface area contributed by atoms with Gasteiger partial charge < -0.3 is 19.3 Å². The first-order chi connectivity index (χ1) is 19.4. The smallest absolute Gasteiger partial charge is 0.306 e. The number of methoxy groups -OCH3 is 1. The van der Waals surface area contributed by atoms with E-state index in [1.807, 2.05) is 24.3 Å². The summed E-state index contributed by atoms with van der Waals surface area (Å²) in [5.74, 6) is -0.465. The zero-order valence-electron chi connectivity index (χ0n) is 22.9. The second-order valence-corrected chi connectivity index (χ2v) is 11.2. The number of rotatable bonds is 10. The van der Waals surface area contributed by atoms with Gasteiger partial charge in [-0.1, -0.05) is 37.3 Å². The molecule has 1 aromatic heterocycles. The number of fused-ring (bicyclic) bond motifs is 1. The Morgan fingerprint density at radius 3 is 2.65 bits per heavy atom. The van der Waals surface area contributed by atoms with Gasteiger partial charge in [0.25, 0.3) is 0 Å². The van der Waals surface area contributed by atoms with Crippen molar-refractivity contribution in [3.63, 3.8) is 0 Å². The van der Waals surface area contributed by atoms with Crippen LogP contribution in [0, 0.1) is 11.7 Å². The van der Waals surface area contributed by atoms with Crippen molar-refractivity contribution >= 4 is 5.97 Å². The largest absolute Gasteiger partial charge is 0.485 e. The summed E-state index contributed by atoms with van der Waals surface area (Å²) in [5.41, 5.74) is 5.48. The summed E-state index contributed by atoms with van der Waals surface area (Å²) in [6.07, 6.45) is 5.58. The summed E-state index contributed by atoms with van der Waals surface area (Å²) in [4.78, 5) is 17.9. The monoisotopic (exact) mass is 546 g/mol. The maximum absolute atomic E-state index is 15.1. The first-order valence-electron chi connectivity index (χ1n) is 14.1. The maximum atomic E-state index is 15.1. The van der Waals surface area contributed by atoms with Gasteiger partial charge in [-0.05, 0) is 66.0 Å². The second kappa shape index (κ2) is 11.2. The molecule has 0 spiro atoms. The molecule has 7 nitrogen and oxygen atoms in total. The van der Waals surface area contributed by atoms with Crippen molar-refractivity contribution in [2.24, 2.45) is 5.92 Å². The van der Waals surface area contributed by atoms with Crippen LogP contribution in [0.25, 0.3) is 11.1 Å².